The summed E-state index contributed by atoms with van der Waals surface area (Å²) in [6, 6.07) is 1.23. The zero-order valence-electron chi connectivity index (χ0n) is 5.89. The highest BCUT2D eigenvalue weighted by Gasteiger charge is 2.02. The summed E-state index contributed by atoms with van der Waals surface area (Å²) in [7, 11) is 3.21. The van der Waals surface area contributed by atoms with Crippen LogP contribution in [-0.2, 0) is 9.47 Å². The van der Waals surface area contributed by atoms with Crippen LogP contribution in [0.15, 0.2) is 0 Å². The quantitative estimate of drug-likeness (QED) is 0.377. The van der Waals surface area contributed by atoms with E-state index >= 15 is 0 Å². The highest BCUT2D eigenvalue weighted by atomic mass is 79.9. The van der Waals surface area contributed by atoms with E-state index < -0.39 is 0 Å². The van der Waals surface area contributed by atoms with Gasteiger partial charge in [0.15, 0.2) is 0 Å². The number of hydrogen-bond donors (Lipinski definition) is 0. The molecular formula is C5H13BrO2Si. The van der Waals surface area contributed by atoms with Crippen LogP contribution in [0, 0.1) is 0 Å². The molecule has 0 aromatic carbocycles. The molecule has 0 aromatic rings. The van der Waals surface area contributed by atoms with Gasteiger partial charge in [-0.2, -0.15) is 0 Å². The fourth-order valence-electron chi connectivity index (χ4n) is 0.576. The Balaban J connectivity index is 3.09. The molecule has 0 aromatic heterocycles. The second-order valence-corrected chi connectivity index (χ2v) is 4.48. The standard InChI is InChI=1S/C5H13BrO2Si/c1-7-5(8-2)9-4-3-6/h5H,3-4,9H2,1-2H3. The lowest BCUT2D eigenvalue weighted by Crippen LogP contribution is -2.21. The molecule has 0 atom stereocenters. The van der Waals surface area contributed by atoms with Crippen molar-refractivity contribution in [3.8, 4) is 0 Å². The molecule has 4 heteroatoms. The second-order valence-electron chi connectivity index (χ2n) is 1.73. The van der Waals surface area contributed by atoms with E-state index in [1.54, 1.807) is 14.2 Å². The summed E-state index contributed by atoms with van der Waals surface area (Å²) < 4.78 is 10.0. The van der Waals surface area contributed by atoms with Crippen LogP contribution in [0.5, 0.6) is 0 Å². The first kappa shape index (κ1) is 9.62. The molecule has 9 heavy (non-hydrogen) atoms. The van der Waals surface area contributed by atoms with Crippen LogP contribution in [0.25, 0.3) is 0 Å². The topological polar surface area (TPSA) is 18.5 Å². The summed E-state index contributed by atoms with van der Waals surface area (Å²) in [6.07, 6.45) is 0. The van der Waals surface area contributed by atoms with Crippen LogP contribution in [0.1, 0.15) is 0 Å². The molecule has 0 saturated heterocycles. The zero-order chi connectivity index (χ0) is 7.11. The largest absolute Gasteiger partial charge is 0.360 e. The summed E-state index contributed by atoms with van der Waals surface area (Å²) in [4.78, 5) is 0. The molecule has 2 nitrogen and oxygen atoms in total. The van der Waals surface area contributed by atoms with E-state index in [4.69, 9.17) is 9.47 Å². The number of rotatable bonds is 5. The van der Waals surface area contributed by atoms with Crippen LogP contribution >= 0.6 is 15.9 Å². The Morgan fingerprint density at radius 1 is 1.44 bits per heavy atom. The first-order chi connectivity index (χ1) is 4.35. The van der Waals surface area contributed by atoms with Crippen molar-refractivity contribution in [2.75, 3.05) is 19.5 Å². The van der Waals surface area contributed by atoms with Crippen molar-refractivity contribution in [1.29, 1.82) is 0 Å². The molecule has 0 rings (SSSR count). The van der Waals surface area contributed by atoms with E-state index in [9.17, 15) is 0 Å². The number of methoxy groups -OCH3 is 2. The SMILES string of the molecule is COC(OC)[SiH2]CCBr. The fourth-order valence-corrected chi connectivity index (χ4v) is 2.51. The zero-order valence-corrected chi connectivity index (χ0v) is 8.89. The molecule has 0 aliphatic heterocycles. The number of hydrogen-bond acceptors (Lipinski definition) is 2. The minimum Gasteiger partial charge on any atom is -0.360 e. The molecule has 0 unspecified atom stereocenters. The maximum atomic E-state index is 5.02. The highest BCUT2D eigenvalue weighted by Crippen LogP contribution is 1.94. The normalized spacial score (nSPS) is 12.0. The Morgan fingerprint density at radius 3 is 2.33 bits per heavy atom. The maximum absolute atomic E-state index is 5.02. The van der Waals surface area contributed by atoms with Crippen molar-refractivity contribution in [1.82, 2.24) is 0 Å². The number of ether oxygens (including phenoxy) is 2. The minimum atomic E-state index is -0.166. The third-order valence-electron chi connectivity index (χ3n) is 1.10. The van der Waals surface area contributed by atoms with Gasteiger partial charge in [-0.15, -0.1) is 0 Å². The van der Waals surface area contributed by atoms with Crippen LogP contribution in [0.4, 0.5) is 0 Å². The molecule has 0 amide bonds. The van der Waals surface area contributed by atoms with E-state index in [2.05, 4.69) is 15.9 Å². The third-order valence-corrected chi connectivity index (χ3v) is 4.60. The summed E-state index contributed by atoms with van der Waals surface area (Å²) in [5.41, 5.74) is 0. The van der Waals surface area contributed by atoms with Crippen molar-refractivity contribution < 1.29 is 9.47 Å². The van der Waals surface area contributed by atoms with E-state index in [-0.39, 0.29) is 15.4 Å². The van der Waals surface area contributed by atoms with Gasteiger partial charge in [-0.3, -0.25) is 0 Å². The van der Waals surface area contributed by atoms with Gasteiger partial charge in [-0.25, -0.2) is 0 Å². The van der Waals surface area contributed by atoms with E-state index in [1.165, 1.54) is 6.04 Å². The van der Waals surface area contributed by atoms with Crippen molar-refractivity contribution in [2.24, 2.45) is 0 Å². The fraction of sp³-hybridized carbons (Fsp3) is 1.00. The average molecular weight is 213 g/mol. The van der Waals surface area contributed by atoms with Crippen LogP contribution < -0.4 is 0 Å². The molecule has 0 aliphatic rings. The first-order valence-corrected chi connectivity index (χ1v) is 5.90. The van der Waals surface area contributed by atoms with Crippen LogP contribution in [0.2, 0.25) is 6.04 Å². The maximum Gasteiger partial charge on any atom is 0.134 e. The highest BCUT2D eigenvalue weighted by molar-refractivity contribution is 9.09. The Labute approximate surface area is 66.9 Å². The molecule has 0 heterocycles. The lowest BCUT2D eigenvalue weighted by atomic mass is 11.0. The van der Waals surface area contributed by atoms with Crippen molar-refractivity contribution in [3.63, 3.8) is 0 Å². The van der Waals surface area contributed by atoms with Gasteiger partial charge in [0.05, 0.1) is 9.52 Å². The molecule has 0 spiro atoms. The number of halogens is 1. The average Bonchev–Trinajstić information content (AvgIpc) is 1.91. The molecular weight excluding hydrogens is 200 g/mol. The lowest BCUT2D eigenvalue weighted by Gasteiger charge is -2.10. The third kappa shape index (κ3) is 5.08. The van der Waals surface area contributed by atoms with Crippen molar-refractivity contribution in [3.05, 3.63) is 0 Å². The number of alkyl halides is 1. The Kier molecular flexibility index (Phi) is 7.19. The molecule has 0 saturated carbocycles. The van der Waals surface area contributed by atoms with Gasteiger partial charge >= 0.3 is 0 Å². The summed E-state index contributed by atoms with van der Waals surface area (Å²) >= 11 is 3.36. The predicted octanol–water partition coefficient (Wildman–Crippen LogP) is 0.545. The molecule has 0 fully saturated rings. The molecule has 0 bridgehead atoms. The Bertz CT molecular complexity index is 58.9. The first-order valence-electron chi connectivity index (χ1n) is 2.96. The van der Waals surface area contributed by atoms with E-state index in [1.807, 2.05) is 0 Å². The van der Waals surface area contributed by atoms with Gasteiger partial charge < -0.3 is 9.47 Å². The molecule has 0 aliphatic carbocycles. The Hall–Kier alpha value is 0.617. The van der Waals surface area contributed by atoms with E-state index in [0.717, 1.165) is 5.33 Å². The second kappa shape index (κ2) is 6.73. The summed E-state index contributed by atoms with van der Waals surface area (Å²) in [5, 5.41) is 1.07. The minimum absolute atomic E-state index is 0.113. The summed E-state index contributed by atoms with van der Waals surface area (Å²) in [5.74, 6) is 0.113. The van der Waals surface area contributed by atoms with Crippen LogP contribution in [-0.4, -0.2) is 35.0 Å². The van der Waals surface area contributed by atoms with Gasteiger partial charge in [-0.1, -0.05) is 15.9 Å². The molecule has 56 valence electrons. The van der Waals surface area contributed by atoms with Gasteiger partial charge in [0.1, 0.15) is 5.91 Å². The lowest BCUT2D eigenvalue weighted by molar-refractivity contribution is -0.0439. The molecule has 0 N–H and O–H groups in total. The predicted molar refractivity (Wildman–Crippen MR) is 45.0 cm³/mol. The van der Waals surface area contributed by atoms with Gasteiger partial charge in [0.2, 0.25) is 0 Å². The smallest absolute Gasteiger partial charge is 0.134 e. The van der Waals surface area contributed by atoms with Gasteiger partial charge in [0, 0.05) is 19.5 Å². The van der Waals surface area contributed by atoms with Gasteiger partial charge in [-0.05, 0) is 6.04 Å². The Morgan fingerprint density at radius 2 is 2.00 bits per heavy atom. The summed E-state index contributed by atoms with van der Waals surface area (Å²) in [6.45, 7) is 0. The monoisotopic (exact) mass is 212 g/mol. The van der Waals surface area contributed by atoms with Crippen molar-refractivity contribution >= 4 is 25.4 Å². The van der Waals surface area contributed by atoms with Crippen molar-refractivity contribution in [2.45, 2.75) is 12.0 Å². The van der Waals surface area contributed by atoms with E-state index in [0.29, 0.717) is 0 Å². The van der Waals surface area contributed by atoms with Gasteiger partial charge in [0.25, 0.3) is 0 Å². The van der Waals surface area contributed by atoms with Crippen LogP contribution in [0.3, 0.4) is 0 Å². The molecule has 0 radical (unpaired) electrons.